The van der Waals surface area contributed by atoms with Crippen LogP contribution in [0, 0.1) is 5.82 Å². The van der Waals surface area contributed by atoms with Crippen molar-refractivity contribution < 1.29 is 13.3 Å². The van der Waals surface area contributed by atoms with Gasteiger partial charge in [0.25, 0.3) is 0 Å². The molecule has 0 spiro atoms. The third kappa shape index (κ3) is 2.74. The zero-order valence-electron chi connectivity index (χ0n) is 12.2. The first-order valence-electron chi connectivity index (χ1n) is 6.72. The molecule has 0 bridgehead atoms. The summed E-state index contributed by atoms with van der Waals surface area (Å²) in [5.74, 6) is 0.777. The van der Waals surface area contributed by atoms with E-state index in [0.29, 0.717) is 21.9 Å². The van der Waals surface area contributed by atoms with Crippen molar-refractivity contribution in [3.8, 4) is 5.75 Å². The predicted octanol–water partition coefficient (Wildman–Crippen LogP) is 3.03. The molecule has 0 fully saturated rings. The Bertz CT molecular complexity index is 843. The van der Waals surface area contributed by atoms with Crippen molar-refractivity contribution in [1.82, 2.24) is 9.55 Å². The molecule has 0 N–H and O–H groups in total. The second kappa shape index (κ2) is 5.88. The van der Waals surface area contributed by atoms with Crippen LogP contribution in [0.1, 0.15) is 5.56 Å². The third-order valence-corrected chi connectivity index (χ3v) is 4.83. The predicted molar refractivity (Wildman–Crippen MR) is 83.8 cm³/mol. The van der Waals surface area contributed by atoms with Gasteiger partial charge in [0.2, 0.25) is 0 Å². The molecule has 1 atom stereocenters. The monoisotopic (exact) mass is 318 g/mol. The van der Waals surface area contributed by atoms with E-state index in [1.807, 2.05) is 24.3 Å². The van der Waals surface area contributed by atoms with Gasteiger partial charge in [-0.05, 0) is 35.9 Å². The van der Waals surface area contributed by atoms with E-state index in [9.17, 15) is 8.60 Å². The summed E-state index contributed by atoms with van der Waals surface area (Å²) in [6, 6.07) is 11.8. The lowest BCUT2D eigenvalue weighted by Gasteiger charge is -2.04. The fraction of sp³-hybridized carbons (Fsp3) is 0.188. The summed E-state index contributed by atoms with van der Waals surface area (Å²) in [5, 5.41) is 0.441. The molecular formula is C16H15FN2O2S. The number of nitrogens with zero attached hydrogens (tertiary/aromatic N) is 2. The highest BCUT2D eigenvalue weighted by molar-refractivity contribution is 7.84. The highest BCUT2D eigenvalue weighted by Gasteiger charge is 2.15. The van der Waals surface area contributed by atoms with Crippen molar-refractivity contribution in [3.63, 3.8) is 0 Å². The van der Waals surface area contributed by atoms with Gasteiger partial charge in [-0.1, -0.05) is 12.1 Å². The maximum Gasteiger partial charge on any atom is 0.200 e. The second-order valence-electron chi connectivity index (χ2n) is 4.92. The number of halogens is 1. The van der Waals surface area contributed by atoms with Crippen molar-refractivity contribution in [2.45, 2.75) is 10.9 Å². The minimum absolute atomic E-state index is 0.331. The molecule has 1 heterocycles. The minimum Gasteiger partial charge on any atom is -0.497 e. The fourth-order valence-electron chi connectivity index (χ4n) is 2.28. The average Bonchev–Trinajstić information content (AvgIpc) is 2.85. The van der Waals surface area contributed by atoms with Gasteiger partial charge in [-0.25, -0.2) is 9.37 Å². The topological polar surface area (TPSA) is 44.1 Å². The molecule has 0 aliphatic heterocycles. The van der Waals surface area contributed by atoms with Gasteiger partial charge in [0, 0.05) is 7.05 Å². The van der Waals surface area contributed by atoms with Gasteiger partial charge in [0.15, 0.2) is 5.16 Å². The molecule has 0 saturated carbocycles. The van der Waals surface area contributed by atoms with Crippen molar-refractivity contribution >= 4 is 21.8 Å². The van der Waals surface area contributed by atoms with Gasteiger partial charge < -0.3 is 9.30 Å². The summed E-state index contributed by atoms with van der Waals surface area (Å²) in [7, 11) is 2.04. The van der Waals surface area contributed by atoms with Crippen LogP contribution in [0.4, 0.5) is 4.39 Å². The molecule has 0 aliphatic carbocycles. The first-order chi connectivity index (χ1) is 10.6. The van der Waals surface area contributed by atoms with Gasteiger partial charge in [-0.2, -0.15) is 0 Å². The van der Waals surface area contributed by atoms with Crippen LogP contribution in [0.3, 0.4) is 0 Å². The Kier molecular flexibility index (Phi) is 3.94. The normalized spacial score (nSPS) is 12.5. The lowest BCUT2D eigenvalue weighted by molar-refractivity contribution is 0.414. The molecule has 6 heteroatoms. The zero-order chi connectivity index (χ0) is 15.7. The number of aryl methyl sites for hydroxylation is 1. The fourth-order valence-corrected chi connectivity index (χ4v) is 3.51. The standard InChI is InChI=1S/C16H15FN2O2S/c1-19-15-9-12(17)5-8-14(15)18-16(19)22(20)10-11-3-6-13(21-2)7-4-11/h3-9H,10H2,1-2H3. The van der Waals surface area contributed by atoms with Gasteiger partial charge in [0.05, 0.1) is 34.7 Å². The summed E-state index contributed by atoms with van der Waals surface area (Å²) in [6.07, 6.45) is 0. The third-order valence-electron chi connectivity index (χ3n) is 3.46. The van der Waals surface area contributed by atoms with Crippen LogP contribution in [0.5, 0.6) is 5.75 Å². The van der Waals surface area contributed by atoms with Crippen LogP contribution < -0.4 is 4.74 Å². The Hall–Kier alpha value is -2.21. The number of hydrogen-bond acceptors (Lipinski definition) is 3. The molecule has 3 aromatic rings. The number of rotatable bonds is 4. The Morgan fingerprint density at radius 3 is 2.64 bits per heavy atom. The summed E-state index contributed by atoms with van der Waals surface area (Å²) < 4.78 is 32.6. The lowest BCUT2D eigenvalue weighted by atomic mass is 10.2. The van der Waals surface area contributed by atoms with E-state index in [0.717, 1.165) is 11.3 Å². The largest absolute Gasteiger partial charge is 0.497 e. The Labute approximate surface area is 130 Å². The molecule has 0 saturated heterocycles. The summed E-state index contributed by atoms with van der Waals surface area (Å²) in [5.41, 5.74) is 2.21. The minimum atomic E-state index is -1.31. The van der Waals surface area contributed by atoms with Gasteiger partial charge in [0.1, 0.15) is 11.6 Å². The molecule has 1 unspecified atom stereocenters. The van der Waals surface area contributed by atoms with E-state index < -0.39 is 10.8 Å². The lowest BCUT2D eigenvalue weighted by Crippen LogP contribution is -2.04. The summed E-state index contributed by atoms with van der Waals surface area (Å²) in [6.45, 7) is 0. The number of fused-ring (bicyclic) bond motifs is 1. The number of ether oxygens (including phenoxy) is 1. The molecule has 3 rings (SSSR count). The maximum atomic E-state index is 13.3. The van der Waals surface area contributed by atoms with Crippen LogP contribution in [0.2, 0.25) is 0 Å². The Morgan fingerprint density at radius 1 is 1.23 bits per heavy atom. The van der Waals surface area contributed by atoms with E-state index in [4.69, 9.17) is 4.74 Å². The van der Waals surface area contributed by atoms with Crippen LogP contribution in [0.15, 0.2) is 47.6 Å². The molecule has 0 aliphatic rings. The Balaban J connectivity index is 1.89. The average molecular weight is 318 g/mol. The molecule has 22 heavy (non-hydrogen) atoms. The van der Waals surface area contributed by atoms with Crippen LogP contribution in [-0.4, -0.2) is 20.9 Å². The highest BCUT2D eigenvalue weighted by Crippen LogP contribution is 2.20. The molecule has 0 amide bonds. The smallest absolute Gasteiger partial charge is 0.200 e. The van der Waals surface area contributed by atoms with Crippen molar-refractivity contribution in [2.24, 2.45) is 7.05 Å². The van der Waals surface area contributed by atoms with E-state index in [1.165, 1.54) is 12.1 Å². The summed E-state index contributed by atoms with van der Waals surface area (Å²) in [4.78, 5) is 4.35. The number of methoxy groups -OCH3 is 1. The van der Waals surface area contributed by atoms with E-state index >= 15 is 0 Å². The first kappa shape index (κ1) is 14.7. The maximum absolute atomic E-state index is 13.3. The first-order valence-corrected chi connectivity index (χ1v) is 8.03. The van der Waals surface area contributed by atoms with Crippen LogP contribution >= 0.6 is 0 Å². The molecule has 114 valence electrons. The van der Waals surface area contributed by atoms with E-state index in [2.05, 4.69) is 4.98 Å². The molecule has 2 aromatic carbocycles. The SMILES string of the molecule is COc1ccc(CS(=O)c2nc3ccc(F)cc3n2C)cc1. The molecule has 4 nitrogen and oxygen atoms in total. The van der Waals surface area contributed by atoms with Crippen molar-refractivity contribution in [2.75, 3.05) is 7.11 Å². The van der Waals surface area contributed by atoms with E-state index in [1.54, 1.807) is 24.8 Å². The number of hydrogen-bond donors (Lipinski definition) is 0. The van der Waals surface area contributed by atoms with Crippen LogP contribution in [0.25, 0.3) is 11.0 Å². The highest BCUT2D eigenvalue weighted by atomic mass is 32.2. The quantitative estimate of drug-likeness (QED) is 0.743. The Morgan fingerprint density at radius 2 is 1.95 bits per heavy atom. The number of aromatic nitrogens is 2. The van der Waals surface area contributed by atoms with Gasteiger partial charge in [-0.3, -0.25) is 4.21 Å². The van der Waals surface area contributed by atoms with Crippen LogP contribution in [-0.2, 0) is 23.6 Å². The molecular weight excluding hydrogens is 303 g/mol. The molecule has 1 aromatic heterocycles. The zero-order valence-corrected chi connectivity index (χ0v) is 13.1. The van der Waals surface area contributed by atoms with E-state index in [-0.39, 0.29) is 5.82 Å². The van der Waals surface area contributed by atoms with Crippen molar-refractivity contribution in [1.29, 1.82) is 0 Å². The number of benzene rings is 2. The summed E-state index contributed by atoms with van der Waals surface area (Å²) >= 11 is 0. The number of imidazole rings is 1. The second-order valence-corrected chi connectivity index (χ2v) is 6.27. The van der Waals surface area contributed by atoms with Gasteiger partial charge >= 0.3 is 0 Å². The van der Waals surface area contributed by atoms with Gasteiger partial charge in [-0.15, -0.1) is 0 Å². The molecule has 0 radical (unpaired) electrons. The van der Waals surface area contributed by atoms with Crippen molar-refractivity contribution in [3.05, 3.63) is 53.8 Å².